The Balaban J connectivity index is 1.99. The standard InChI is InChI=1S/C13H16N4OS/c1-3-14-11-5-4-10(8-16-11)12(18)17-9(2)13-15-6-7-19-13/h4-9H,3H2,1-2H3,(H,14,16)(H,17,18). The lowest BCUT2D eigenvalue weighted by Gasteiger charge is -2.11. The van der Waals surface area contributed by atoms with E-state index in [1.165, 1.54) is 11.3 Å². The van der Waals surface area contributed by atoms with Crippen LogP contribution in [0.3, 0.4) is 0 Å². The van der Waals surface area contributed by atoms with Gasteiger partial charge in [0.25, 0.3) is 5.91 Å². The molecule has 2 heterocycles. The van der Waals surface area contributed by atoms with Crippen LogP contribution in [0.1, 0.15) is 35.3 Å². The second-order valence-electron chi connectivity index (χ2n) is 4.03. The maximum absolute atomic E-state index is 12.0. The minimum absolute atomic E-state index is 0.0963. The minimum Gasteiger partial charge on any atom is -0.370 e. The Labute approximate surface area is 116 Å². The van der Waals surface area contributed by atoms with Gasteiger partial charge in [0, 0.05) is 24.3 Å². The zero-order valence-corrected chi connectivity index (χ0v) is 11.7. The SMILES string of the molecule is CCNc1ccc(C(=O)NC(C)c2nccs2)cn1. The molecule has 0 aliphatic carbocycles. The number of thiazole rings is 1. The van der Waals surface area contributed by atoms with Crippen LogP contribution in [0.2, 0.25) is 0 Å². The number of aromatic nitrogens is 2. The molecule has 100 valence electrons. The van der Waals surface area contributed by atoms with Crippen molar-refractivity contribution in [1.82, 2.24) is 15.3 Å². The van der Waals surface area contributed by atoms with E-state index >= 15 is 0 Å². The molecule has 0 saturated carbocycles. The van der Waals surface area contributed by atoms with Gasteiger partial charge in [0.1, 0.15) is 10.8 Å². The molecule has 0 spiro atoms. The lowest BCUT2D eigenvalue weighted by molar-refractivity contribution is 0.0939. The van der Waals surface area contributed by atoms with E-state index in [1.54, 1.807) is 24.5 Å². The van der Waals surface area contributed by atoms with E-state index in [-0.39, 0.29) is 11.9 Å². The average Bonchev–Trinajstić information content (AvgIpc) is 2.94. The number of amides is 1. The number of carbonyl (C=O) groups excluding carboxylic acids is 1. The molecule has 2 rings (SSSR count). The third-order valence-electron chi connectivity index (χ3n) is 2.55. The maximum atomic E-state index is 12.0. The van der Waals surface area contributed by atoms with Crippen molar-refractivity contribution in [3.8, 4) is 0 Å². The van der Waals surface area contributed by atoms with Crippen molar-refractivity contribution in [2.24, 2.45) is 0 Å². The van der Waals surface area contributed by atoms with Crippen molar-refractivity contribution in [2.75, 3.05) is 11.9 Å². The van der Waals surface area contributed by atoms with Crippen LogP contribution < -0.4 is 10.6 Å². The Kier molecular flexibility index (Phi) is 4.46. The van der Waals surface area contributed by atoms with Crippen molar-refractivity contribution in [1.29, 1.82) is 0 Å². The largest absolute Gasteiger partial charge is 0.370 e. The van der Waals surface area contributed by atoms with Gasteiger partial charge >= 0.3 is 0 Å². The molecular weight excluding hydrogens is 260 g/mol. The van der Waals surface area contributed by atoms with E-state index in [0.717, 1.165) is 17.4 Å². The molecule has 2 aromatic heterocycles. The maximum Gasteiger partial charge on any atom is 0.253 e. The Morgan fingerprint density at radius 3 is 2.84 bits per heavy atom. The van der Waals surface area contributed by atoms with E-state index in [9.17, 15) is 4.79 Å². The first kappa shape index (κ1) is 13.5. The molecule has 0 aromatic carbocycles. The van der Waals surface area contributed by atoms with Gasteiger partial charge in [0.05, 0.1) is 11.6 Å². The normalized spacial score (nSPS) is 11.9. The summed E-state index contributed by atoms with van der Waals surface area (Å²) in [4.78, 5) is 20.4. The number of nitrogens with zero attached hydrogens (tertiary/aromatic N) is 2. The van der Waals surface area contributed by atoms with Gasteiger partial charge in [-0.05, 0) is 26.0 Å². The molecule has 1 amide bonds. The molecule has 2 N–H and O–H groups in total. The van der Waals surface area contributed by atoms with E-state index in [4.69, 9.17) is 0 Å². The van der Waals surface area contributed by atoms with E-state index in [1.807, 2.05) is 19.2 Å². The number of hydrogen-bond donors (Lipinski definition) is 2. The number of pyridine rings is 1. The molecule has 0 fully saturated rings. The van der Waals surface area contributed by atoms with Crippen LogP contribution in [0.5, 0.6) is 0 Å². The summed E-state index contributed by atoms with van der Waals surface area (Å²) in [6, 6.07) is 3.46. The second kappa shape index (κ2) is 6.29. The summed E-state index contributed by atoms with van der Waals surface area (Å²) < 4.78 is 0. The number of rotatable bonds is 5. The summed E-state index contributed by atoms with van der Waals surface area (Å²) in [5.41, 5.74) is 0.546. The molecule has 19 heavy (non-hydrogen) atoms. The van der Waals surface area contributed by atoms with Crippen LogP contribution >= 0.6 is 11.3 Å². The third-order valence-corrected chi connectivity index (χ3v) is 3.51. The van der Waals surface area contributed by atoms with Gasteiger partial charge in [-0.3, -0.25) is 4.79 Å². The lowest BCUT2D eigenvalue weighted by Crippen LogP contribution is -2.26. The van der Waals surface area contributed by atoms with Crippen molar-refractivity contribution in [3.63, 3.8) is 0 Å². The van der Waals surface area contributed by atoms with Gasteiger partial charge < -0.3 is 10.6 Å². The highest BCUT2D eigenvalue weighted by Gasteiger charge is 2.13. The summed E-state index contributed by atoms with van der Waals surface area (Å²) in [7, 11) is 0. The topological polar surface area (TPSA) is 66.9 Å². The van der Waals surface area contributed by atoms with Gasteiger partial charge in [-0.2, -0.15) is 0 Å². The summed E-state index contributed by atoms with van der Waals surface area (Å²) in [6.45, 7) is 4.72. The van der Waals surface area contributed by atoms with Crippen molar-refractivity contribution in [2.45, 2.75) is 19.9 Å². The van der Waals surface area contributed by atoms with Crippen LogP contribution in [-0.4, -0.2) is 22.4 Å². The van der Waals surface area contributed by atoms with E-state index in [2.05, 4.69) is 20.6 Å². The van der Waals surface area contributed by atoms with Crippen LogP contribution in [0.25, 0.3) is 0 Å². The van der Waals surface area contributed by atoms with Gasteiger partial charge in [0.2, 0.25) is 0 Å². The zero-order chi connectivity index (χ0) is 13.7. The summed E-state index contributed by atoms with van der Waals surface area (Å²) in [5, 5.41) is 8.77. The Morgan fingerprint density at radius 2 is 2.26 bits per heavy atom. The monoisotopic (exact) mass is 276 g/mol. The van der Waals surface area contributed by atoms with Crippen LogP contribution in [0, 0.1) is 0 Å². The lowest BCUT2D eigenvalue weighted by atomic mass is 10.2. The molecule has 0 aliphatic rings. The summed E-state index contributed by atoms with van der Waals surface area (Å²) >= 11 is 1.53. The number of anilines is 1. The molecule has 2 aromatic rings. The fourth-order valence-corrected chi connectivity index (χ4v) is 2.25. The van der Waals surface area contributed by atoms with Gasteiger partial charge in [0.15, 0.2) is 0 Å². The Bertz CT molecular complexity index is 524. The van der Waals surface area contributed by atoms with Gasteiger partial charge in [-0.25, -0.2) is 9.97 Å². The number of carbonyl (C=O) groups is 1. The van der Waals surface area contributed by atoms with Crippen LogP contribution in [-0.2, 0) is 0 Å². The number of nitrogens with one attached hydrogen (secondary N) is 2. The van der Waals surface area contributed by atoms with E-state index in [0.29, 0.717) is 5.56 Å². The Morgan fingerprint density at radius 1 is 1.42 bits per heavy atom. The average molecular weight is 276 g/mol. The molecule has 0 radical (unpaired) electrons. The molecule has 6 heteroatoms. The molecule has 0 saturated heterocycles. The Hall–Kier alpha value is -1.95. The van der Waals surface area contributed by atoms with Crippen LogP contribution in [0.4, 0.5) is 5.82 Å². The van der Waals surface area contributed by atoms with Crippen molar-refractivity contribution in [3.05, 3.63) is 40.5 Å². The first-order chi connectivity index (χ1) is 9.20. The van der Waals surface area contributed by atoms with Crippen molar-refractivity contribution >= 4 is 23.1 Å². The van der Waals surface area contributed by atoms with Gasteiger partial charge in [-0.1, -0.05) is 0 Å². The number of hydrogen-bond acceptors (Lipinski definition) is 5. The zero-order valence-electron chi connectivity index (χ0n) is 10.9. The highest BCUT2D eigenvalue weighted by atomic mass is 32.1. The highest BCUT2D eigenvalue weighted by molar-refractivity contribution is 7.09. The smallest absolute Gasteiger partial charge is 0.253 e. The van der Waals surface area contributed by atoms with Crippen molar-refractivity contribution < 1.29 is 4.79 Å². The first-order valence-corrected chi connectivity index (χ1v) is 6.99. The fourth-order valence-electron chi connectivity index (χ4n) is 1.60. The highest BCUT2D eigenvalue weighted by Crippen LogP contribution is 2.15. The first-order valence-electron chi connectivity index (χ1n) is 6.11. The molecule has 1 unspecified atom stereocenters. The molecule has 1 atom stereocenters. The van der Waals surface area contributed by atoms with Gasteiger partial charge in [-0.15, -0.1) is 11.3 Å². The van der Waals surface area contributed by atoms with Crippen LogP contribution in [0.15, 0.2) is 29.9 Å². The quantitative estimate of drug-likeness (QED) is 0.880. The van der Waals surface area contributed by atoms with E-state index < -0.39 is 0 Å². The molecular formula is C13H16N4OS. The minimum atomic E-state index is -0.141. The summed E-state index contributed by atoms with van der Waals surface area (Å²) in [6.07, 6.45) is 3.30. The fraction of sp³-hybridized carbons (Fsp3) is 0.308. The molecule has 0 aliphatic heterocycles. The molecule has 0 bridgehead atoms. The molecule has 5 nitrogen and oxygen atoms in total. The summed E-state index contributed by atoms with van der Waals surface area (Å²) in [5.74, 6) is 0.630. The second-order valence-corrected chi connectivity index (χ2v) is 4.95. The predicted molar refractivity (Wildman–Crippen MR) is 76.4 cm³/mol. The third kappa shape index (κ3) is 3.51. The predicted octanol–water partition coefficient (Wildman–Crippen LogP) is 2.46.